The van der Waals surface area contributed by atoms with Crippen LogP contribution in [0.2, 0.25) is 0 Å². The molecule has 1 unspecified atom stereocenters. The molecule has 4 heteroatoms. The summed E-state index contributed by atoms with van der Waals surface area (Å²) in [5.41, 5.74) is 2.87. The molecule has 1 atom stereocenters. The van der Waals surface area contributed by atoms with Gasteiger partial charge in [-0.3, -0.25) is 9.78 Å². The van der Waals surface area contributed by atoms with E-state index in [4.69, 9.17) is 4.74 Å². The van der Waals surface area contributed by atoms with Crippen LogP contribution < -0.4 is 4.74 Å². The van der Waals surface area contributed by atoms with E-state index in [-0.39, 0.29) is 11.9 Å². The zero-order chi connectivity index (χ0) is 15.5. The van der Waals surface area contributed by atoms with Gasteiger partial charge in [-0.1, -0.05) is 6.07 Å². The molecule has 0 N–H and O–H groups in total. The third kappa shape index (κ3) is 2.69. The zero-order valence-corrected chi connectivity index (χ0v) is 13.0. The fourth-order valence-electron chi connectivity index (χ4n) is 3.06. The maximum absolute atomic E-state index is 12.9. The molecular formula is C18H20N2O2. The largest absolute Gasteiger partial charge is 0.496 e. The van der Waals surface area contributed by atoms with Crippen LogP contribution in [0.1, 0.15) is 40.4 Å². The molecule has 0 radical (unpaired) electrons. The van der Waals surface area contributed by atoms with E-state index in [1.54, 1.807) is 19.5 Å². The minimum absolute atomic E-state index is 0.0672. The second-order valence-electron chi connectivity index (χ2n) is 5.62. The SMILES string of the molecule is COc1cc(C(=O)N2CCCC2c2ccncc2)ccc1C. The summed E-state index contributed by atoms with van der Waals surface area (Å²) in [4.78, 5) is 18.9. The second-order valence-corrected chi connectivity index (χ2v) is 5.62. The Balaban J connectivity index is 1.88. The Morgan fingerprint density at radius 2 is 2.05 bits per heavy atom. The van der Waals surface area contributed by atoms with E-state index >= 15 is 0 Å². The normalized spacial score (nSPS) is 17.5. The molecule has 22 heavy (non-hydrogen) atoms. The zero-order valence-electron chi connectivity index (χ0n) is 13.0. The van der Waals surface area contributed by atoms with Gasteiger partial charge in [0.25, 0.3) is 5.91 Å². The highest BCUT2D eigenvalue weighted by atomic mass is 16.5. The van der Waals surface area contributed by atoms with Gasteiger partial charge >= 0.3 is 0 Å². The third-order valence-electron chi connectivity index (χ3n) is 4.26. The number of amides is 1. The number of pyridine rings is 1. The standard InChI is InChI=1S/C18H20N2O2/c1-13-5-6-15(12-17(13)22-2)18(21)20-11-3-4-16(20)14-7-9-19-10-8-14/h5-10,12,16H,3-4,11H2,1-2H3. The van der Waals surface area contributed by atoms with Crippen molar-refractivity contribution in [3.05, 3.63) is 59.4 Å². The smallest absolute Gasteiger partial charge is 0.254 e. The minimum atomic E-state index is 0.0672. The van der Waals surface area contributed by atoms with Gasteiger partial charge in [0.1, 0.15) is 5.75 Å². The molecule has 3 rings (SSSR count). The Kier molecular flexibility index (Phi) is 4.09. The Bertz CT molecular complexity index is 670. The van der Waals surface area contributed by atoms with Gasteiger partial charge in [-0.15, -0.1) is 0 Å². The Hall–Kier alpha value is -2.36. The number of hydrogen-bond acceptors (Lipinski definition) is 3. The summed E-state index contributed by atoms with van der Waals surface area (Å²) in [5.74, 6) is 0.822. The Morgan fingerprint density at radius 1 is 1.27 bits per heavy atom. The Labute approximate surface area is 130 Å². The maximum atomic E-state index is 12.9. The first-order valence-corrected chi connectivity index (χ1v) is 7.56. The monoisotopic (exact) mass is 296 g/mol. The van der Waals surface area contributed by atoms with Gasteiger partial charge in [0.15, 0.2) is 0 Å². The van der Waals surface area contributed by atoms with Gasteiger partial charge in [0.2, 0.25) is 0 Å². The van der Waals surface area contributed by atoms with Crippen LogP contribution in [0.4, 0.5) is 0 Å². The van der Waals surface area contributed by atoms with Crippen molar-refractivity contribution in [2.24, 2.45) is 0 Å². The lowest BCUT2D eigenvalue weighted by Gasteiger charge is -2.25. The van der Waals surface area contributed by atoms with Crippen molar-refractivity contribution in [3.8, 4) is 5.75 Å². The highest BCUT2D eigenvalue weighted by Gasteiger charge is 2.30. The highest BCUT2D eigenvalue weighted by Crippen LogP contribution is 2.33. The fourth-order valence-corrected chi connectivity index (χ4v) is 3.06. The number of aromatic nitrogens is 1. The number of likely N-dealkylation sites (tertiary alicyclic amines) is 1. The molecule has 0 bridgehead atoms. The molecule has 2 heterocycles. The van der Waals surface area contributed by atoms with Crippen LogP contribution in [0, 0.1) is 6.92 Å². The van der Waals surface area contributed by atoms with E-state index in [0.717, 1.165) is 36.3 Å². The predicted octanol–water partition coefficient (Wildman–Crippen LogP) is 3.38. The molecule has 1 aromatic heterocycles. The number of methoxy groups -OCH3 is 1. The fraction of sp³-hybridized carbons (Fsp3) is 0.333. The molecule has 2 aromatic rings. The van der Waals surface area contributed by atoms with E-state index in [2.05, 4.69) is 4.98 Å². The van der Waals surface area contributed by atoms with Gasteiger partial charge in [0.05, 0.1) is 13.2 Å². The van der Waals surface area contributed by atoms with E-state index < -0.39 is 0 Å². The molecule has 114 valence electrons. The molecule has 0 saturated carbocycles. The number of nitrogens with zero attached hydrogens (tertiary/aromatic N) is 2. The maximum Gasteiger partial charge on any atom is 0.254 e. The number of carbonyl (C=O) groups is 1. The van der Waals surface area contributed by atoms with Crippen molar-refractivity contribution in [1.82, 2.24) is 9.88 Å². The van der Waals surface area contributed by atoms with Crippen molar-refractivity contribution < 1.29 is 9.53 Å². The number of rotatable bonds is 3. The average molecular weight is 296 g/mol. The van der Waals surface area contributed by atoms with E-state index in [1.165, 1.54) is 0 Å². The van der Waals surface area contributed by atoms with Gasteiger partial charge in [0, 0.05) is 24.5 Å². The summed E-state index contributed by atoms with van der Waals surface area (Å²) in [6.45, 7) is 2.77. The molecule has 1 aromatic carbocycles. The van der Waals surface area contributed by atoms with Crippen LogP contribution in [-0.4, -0.2) is 29.4 Å². The first kappa shape index (κ1) is 14.6. The summed E-state index contributed by atoms with van der Waals surface area (Å²) in [6, 6.07) is 9.77. The third-order valence-corrected chi connectivity index (χ3v) is 4.26. The molecule has 0 spiro atoms. The first-order valence-electron chi connectivity index (χ1n) is 7.56. The average Bonchev–Trinajstić information content (AvgIpc) is 3.05. The van der Waals surface area contributed by atoms with E-state index in [9.17, 15) is 4.79 Å². The van der Waals surface area contributed by atoms with Crippen molar-refractivity contribution in [2.75, 3.05) is 13.7 Å². The lowest BCUT2D eigenvalue weighted by atomic mass is 10.0. The van der Waals surface area contributed by atoms with Gasteiger partial charge in [-0.05, 0) is 55.2 Å². The van der Waals surface area contributed by atoms with Crippen molar-refractivity contribution >= 4 is 5.91 Å². The van der Waals surface area contributed by atoms with Gasteiger partial charge in [-0.2, -0.15) is 0 Å². The molecule has 1 saturated heterocycles. The first-order chi connectivity index (χ1) is 10.7. The van der Waals surface area contributed by atoms with Crippen LogP contribution in [0.3, 0.4) is 0 Å². The number of ether oxygens (including phenoxy) is 1. The molecule has 0 aliphatic carbocycles. The highest BCUT2D eigenvalue weighted by molar-refractivity contribution is 5.95. The molecule has 1 fully saturated rings. The van der Waals surface area contributed by atoms with Crippen LogP contribution in [-0.2, 0) is 0 Å². The predicted molar refractivity (Wildman–Crippen MR) is 85.0 cm³/mol. The lowest BCUT2D eigenvalue weighted by molar-refractivity contribution is 0.0735. The topological polar surface area (TPSA) is 42.4 Å². The molecule has 1 aliphatic rings. The summed E-state index contributed by atoms with van der Waals surface area (Å²) in [5, 5.41) is 0. The molecular weight excluding hydrogens is 276 g/mol. The number of aryl methyl sites for hydroxylation is 1. The summed E-state index contributed by atoms with van der Waals surface area (Å²) in [7, 11) is 1.63. The van der Waals surface area contributed by atoms with Crippen molar-refractivity contribution in [2.45, 2.75) is 25.8 Å². The van der Waals surface area contributed by atoms with Crippen LogP contribution in [0.15, 0.2) is 42.7 Å². The number of carbonyl (C=O) groups excluding carboxylic acids is 1. The van der Waals surface area contributed by atoms with Gasteiger partial charge < -0.3 is 9.64 Å². The molecule has 1 aliphatic heterocycles. The van der Waals surface area contributed by atoms with Crippen molar-refractivity contribution in [3.63, 3.8) is 0 Å². The van der Waals surface area contributed by atoms with E-state index in [0.29, 0.717) is 5.56 Å². The van der Waals surface area contributed by atoms with Crippen molar-refractivity contribution in [1.29, 1.82) is 0 Å². The van der Waals surface area contributed by atoms with E-state index in [1.807, 2.05) is 42.2 Å². The Morgan fingerprint density at radius 3 is 2.77 bits per heavy atom. The molecule has 1 amide bonds. The minimum Gasteiger partial charge on any atom is -0.496 e. The number of hydrogen-bond donors (Lipinski definition) is 0. The second kappa shape index (κ2) is 6.18. The number of benzene rings is 1. The summed E-state index contributed by atoms with van der Waals surface area (Å²) < 4.78 is 5.33. The van der Waals surface area contributed by atoms with Crippen LogP contribution >= 0.6 is 0 Å². The molecule has 4 nitrogen and oxygen atoms in total. The summed E-state index contributed by atoms with van der Waals surface area (Å²) in [6.07, 6.45) is 5.59. The van der Waals surface area contributed by atoms with Crippen LogP contribution in [0.5, 0.6) is 5.75 Å². The van der Waals surface area contributed by atoms with Crippen LogP contribution in [0.25, 0.3) is 0 Å². The summed E-state index contributed by atoms with van der Waals surface area (Å²) >= 11 is 0. The van der Waals surface area contributed by atoms with Gasteiger partial charge in [-0.25, -0.2) is 0 Å². The lowest BCUT2D eigenvalue weighted by Crippen LogP contribution is -2.30. The quantitative estimate of drug-likeness (QED) is 0.872.